The van der Waals surface area contributed by atoms with Gasteiger partial charge in [-0.15, -0.1) is 0 Å². The van der Waals surface area contributed by atoms with Crippen LogP contribution in [-0.2, 0) is 9.59 Å². The number of hydrogen-bond donors (Lipinski definition) is 2. The summed E-state index contributed by atoms with van der Waals surface area (Å²) in [5.74, 6) is 0.326. The van der Waals surface area contributed by atoms with Gasteiger partial charge < -0.3 is 16.0 Å². The molecule has 2 heterocycles. The molecule has 2 atom stereocenters. The van der Waals surface area contributed by atoms with Crippen LogP contribution in [0.1, 0.15) is 26.2 Å². The van der Waals surface area contributed by atoms with Gasteiger partial charge in [0.1, 0.15) is 0 Å². The zero-order valence-corrected chi connectivity index (χ0v) is 10.3. The van der Waals surface area contributed by atoms with Crippen molar-refractivity contribution in [1.82, 2.24) is 10.2 Å². The molecule has 2 unspecified atom stereocenters. The molecule has 0 saturated carbocycles. The monoisotopic (exact) mass is 239 g/mol. The Labute approximate surface area is 102 Å². The van der Waals surface area contributed by atoms with Gasteiger partial charge in [-0.3, -0.25) is 9.59 Å². The van der Waals surface area contributed by atoms with Crippen molar-refractivity contribution in [2.45, 2.75) is 32.2 Å². The minimum Gasteiger partial charge on any atom is -0.369 e. The summed E-state index contributed by atoms with van der Waals surface area (Å²) in [5.41, 5.74) is 5.28. The summed E-state index contributed by atoms with van der Waals surface area (Å²) in [4.78, 5) is 25.2. The van der Waals surface area contributed by atoms with Gasteiger partial charge in [-0.05, 0) is 31.7 Å². The van der Waals surface area contributed by atoms with E-state index in [2.05, 4.69) is 12.2 Å². The molecular weight excluding hydrogens is 218 g/mol. The molecule has 0 aromatic carbocycles. The maximum atomic E-state index is 12.2. The maximum absolute atomic E-state index is 12.2. The highest BCUT2D eigenvalue weighted by atomic mass is 16.2. The van der Waals surface area contributed by atoms with Crippen LogP contribution in [0.3, 0.4) is 0 Å². The topological polar surface area (TPSA) is 75.4 Å². The first-order chi connectivity index (χ1) is 8.09. The number of hydrogen-bond acceptors (Lipinski definition) is 3. The first-order valence-electron chi connectivity index (χ1n) is 6.41. The summed E-state index contributed by atoms with van der Waals surface area (Å²) in [6.07, 6.45) is 2.48. The third kappa shape index (κ3) is 2.60. The Kier molecular flexibility index (Phi) is 3.66. The molecule has 0 spiro atoms. The summed E-state index contributed by atoms with van der Waals surface area (Å²) < 4.78 is 0. The van der Waals surface area contributed by atoms with E-state index in [1.807, 2.05) is 4.90 Å². The van der Waals surface area contributed by atoms with Crippen molar-refractivity contribution in [3.8, 4) is 0 Å². The summed E-state index contributed by atoms with van der Waals surface area (Å²) in [5, 5.41) is 3.25. The second-order valence-corrected chi connectivity index (χ2v) is 5.20. The van der Waals surface area contributed by atoms with Crippen LogP contribution in [0.4, 0.5) is 0 Å². The lowest BCUT2D eigenvalue weighted by Crippen LogP contribution is -2.49. The molecule has 2 aliphatic rings. The van der Waals surface area contributed by atoms with Crippen LogP contribution in [0.15, 0.2) is 0 Å². The average molecular weight is 239 g/mol. The van der Waals surface area contributed by atoms with Crippen molar-refractivity contribution in [2.24, 2.45) is 17.6 Å². The largest absolute Gasteiger partial charge is 0.369 e. The number of nitrogens with one attached hydrogen (secondary N) is 1. The van der Waals surface area contributed by atoms with Gasteiger partial charge in [0.15, 0.2) is 0 Å². The molecule has 0 bridgehead atoms. The predicted molar refractivity (Wildman–Crippen MR) is 64.1 cm³/mol. The number of rotatable bonds is 2. The molecule has 0 aromatic heterocycles. The van der Waals surface area contributed by atoms with Crippen molar-refractivity contribution in [3.63, 3.8) is 0 Å². The van der Waals surface area contributed by atoms with Crippen LogP contribution in [0.25, 0.3) is 0 Å². The normalized spacial score (nSPS) is 30.5. The van der Waals surface area contributed by atoms with Gasteiger partial charge in [0.2, 0.25) is 11.8 Å². The number of piperidine rings is 1. The van der Waals surface area contributed by atoms with Crippen molar-refractivity contribution in [2.75, 3.05) is 19.6 Å². The van der Waals surface area contributed by atoms with Crippen molar-refractivity contribution in [3.05, 3.63) is 0 Å². The fourth-order valence-electron chi connectivity index (χ4n) is 2.75. The van der Waals surface area contributed by atoms with Gasteiger partial charge >= 0.3 is 0 Å². The van der Waals surface area contributed by atoms with Crippen molar-refractivity contribution >= 4 is 11.8 Å². The van der Waals surface area contributed by atoms with Gasteiger partial charge in [-0.25, -0.2) is 0 Å². The van der Waals surface area contributed by atoms with Crippen LogP contribution in [0, 0.1) is 11.8 Å². The zero-order valence-electron chi connectivity index (χ0n) is 10.3. The number of nitrogens with two attached hydrogens (primary N) is 1. The highest BCUT2D eigenvalue weighted by Gasteiger charge is 2.34. The maximum Gasteiger partial charge on any atom is 0.239 e. The van der Waals surface area contributed by atoms with E-state index >= 15 is 0 Å². The number of carbonyl (C=O) groups is 2. The van der Waals surface area contributed by atoms with E-state index in [1.165, 1.54) is 0 Å². The van der Waals surface area contributed by atoms with Crippen molar-refractivity contribution in [1.29, 1.82) is 0 Å². The SMILES string of the molecule is CC1CCNC1C(=O)N1CCC(C(N)=O)CC1. The molecule has 3 N–H and O–H groups in total. The van der Waals surface area contributed by atoms with E-state index in [-0.39, 0.29) is 23.8 Å². The van der Waals surface area contributed by atoms with E-state index in [4.69, 9.17) is 5.73 Å². The standard InChI is InChI=1S/C12H21N3O2/c1-8-2-5-14-10(8)12(17)15-6-3-9(4-7-15)11(13)16/h8-10,14H,2-7H2,1H3,(H2,13,16). The van der Waals surface area contributed by atoms with Gasteiger partial charge in [0, 0.05) is 19.0 Å². The predicted octanol–water partition coefficient (Wildman–Crippen LogP) is -0.292. The quantitative estimate of drug-likeness (QED) is 0.695. The first-order valence-corrected chi connectivity index (χ1v) is 6.41. The number of primary amides is 1. The summed E-state index contributed by atoms with van der Waals surface area (Å²) >= 11 is 0. The Bertz CT molecular complexity index is 311. The molecule has 5 nitrogen and oxygen atoms in total. The Hall–Kier alpha value is -1.10. The van der Waals surface area contributed by atoms with Crippen molar-refractivity contribution < 1.29 is 9.59 Å². The van der Waals surface area contributed by atoms with Crippen LogP contribution in [0.5, 0.6) is 0 Å². The second kappa shape index (κ2) is 5.04. The molecule has 0 aromatic rings. The molecule has 2 fully saturated rings. The molecule has 2 amide bonds. The number of nitrogens with zero attached hydrogens (tertiary/aromatic N) is 1. The average Bonchev–Trinajstić information content (AvgIpc) is 2.74. The molecule has 17 heavy (non-hydrogen) atoms. The number of carbonyl (C=O) groups excluding carboxylic acids is 2. The third-order valence-corrected chi connectivity index (χ3v) is 4.01. The van der Waals surface area contributed by atoms with Gasteiger partial charge in [0.25, 0.3) is 0 Å². The van der Waals surface area contributed by atoms with E-state index < -0.39 is 0 Å². The zero-order chi connectivity index (χ0) is 12.4. The molecule has 5 heteroatoms. The summed E-state index contributed by atoms with van der Waals surface area (Å²) in [7, 11) is 0. The molecule has 2 rings (SSSR count). The van der Waals surface area contributed by atoms with Crippen LogP contribution in [0.2, 0.25) is 0 Å². The van der Waals surface area contributed by atoms with Crippen LogP contribution < -0.4 is 11.1 Å². The fraction of sp³-hybridized carbons (Fsp3) is 0.833. The van der Waals surface area contributed by atoms with E-state index in [1.54, 1.807) is 0 Å². The lowest BCUT2D eigenvalue weighted by atomic mass is 9.94. The van der Waals surface area contributed by atoms with E-state index in [0.717, 1.165) is 13.0 Å². The lowest BCUT2D eigenvalue weighted by Gasteiger charge is -2.33. The molecular formula is C12H21N3O2. The Morgan fingerprint density at radius 2 is 1.88 bits per heavy atom. The molecule has 2 aliphatic heterocycles. The van der Waals surface area contributed by atoms with E-state index in [9.17, 15) is 9.59 Å². The lowest BCUT2D eigenvalue weighted by molar-refractivity contribution is -0.137. The van der Waals surface area contributed by atoms with Gasteiger partial charge in [-0.2, -0.15) is 0 Å². The molecule has 0 aliphatic carbocycles. The summed E-state index contributed by atoms with van der Waals surface area (Å²) in [6.45, 7) is 4.36. The highest BCUT2D eigenvalue weighted by Crippen LogP contribution is 2.21. The number of likely N-dealkylation sites (tertiary alicyclic amines) is 1. The van der Waals surface area contributed by atoms with E-state index in [0.29, 0.717) is 31.8 Å². The first kappa shape index (κ1) is 12.4. The van der Waals surface area contributed by atoms with Crippen LogP contribution >= 0.6 is 0 Å². The smallest absolute Gasteiger partial charge is 0.239 e. The minimum absolute atomic E-state index is 0.0277. The molecule has 2 saturated heterocycles. The third-order valence-electron chi connectivity index (χ3n) is 4.01. The Balaban J connectivity index is 1.88. The second-order valence-electron chi connectivity index (χ2n) is 5.20. The Morgan fingerprint density at radius 1 is 1.24 bits per heavy atom. The molecule has 0 radical (unpaired) electrons. The molecule has 96 valence electrons. The van der Waals surface area contributed by atoms with Crippen LogP contribution in [-0.4, -0.2) is 42.4 Å². The van der Waals surface area contributed by atoms with Gasteiger partial charge in [-0.1, -0.05) is 6.92 Å². The summed E-state index contributed by atoms with van der Waals surface area (Å²) in [6, 6.07) is -0.0277. The number of amides is 2. The Morgan fingerprint density at radius 3 is 2.35 bits per heavy atom. The van der Waals surface area contributed by atoms with Gasteiger partial charge in [0.05, 0.1) is 6.04 Å². The minimum atomic E-state index is -0.232. The highest BCUT2D eigenvalue weighted by molar-refractivity contribution is 5.83. The fourth-order valence-corrected chi connectivity index (χ4v) is 2.75.